The molecule has 0 aliphatic heterocycles. The van der Waals surface area contributed by atoms with Crippen molar-refractivity contribution in [2.24, 2.45) is 0 Å². The van der Waals surface area contributed by atoms with Gasteiger partial charge in [0.15, 0.2) is 23.0 Å². The molecule has 0 saturated carbocycles. The molecule has 7 heteroatoms. The number of nitrogens with zero attached hydrogens (tertiary/aromatic N) is 2. The molecule has 2 aromatic carbocycles. The Hall–Kier alpha value is -2.95. The fourth-order valence-electron chi connectivity index (χ4n) is 4.64. The molecule has 0 aromatic heterocycles. The van der Waals surface area contributed by atoms with E-state index in [9.17, 15) is 0 Å². The van der Waals surface area contributed by atoms with Crippen LogP contribution in [0.3, 0.4) is 0 Å². The van der Waals surface area contributed by atoms with Crippen LogP contribution >= 0.6 is 0 Å². The van der Waals surface area contributed by atoms with Gasteiger partial charge in [0.1, 0.15) is 0 Å². The molecule has 34 heavy (non-hydrogen) atoms. The van der Waals surface area contributed by atoms with Crippen LogP contribution in [0, 0.1) is 11.3 Å². The van der Waals surface area contributed by atoms with Crippen LogP contribution in [0.25, 0.3) is 0 Å². The highest BCUT2D eigenvalue weighted by Crippen LogP contribution is 2.42. The van der Waals surface area contributed by atoms with E-state index in [1.807, 2.05) is 12.1 Å². The van der Waals surface area contributed by atoms with Gasteiger partial charge in [-0.2, -0.15) is 5.26 Å². The van der Waals surface area contributed by atoms with Gasteiger partial charge in [-0.15, -0.1) is 0 Å². The second-order valence-corrected chi connectivity index (χ2v) is 8.73. The van der Waals surface area contributed by atoms with Crippen molar-refractivity contribution in [2.75, 3.05) is 61.7 Å². The van der Waals surface area contributed by atoms with E-state index in [4.69, 9.17) is 24.2 Å². The molecule has 0 spiro atoms. The zero-order valence-corrected chi connectivity index (χ0v) is 21.1. The third kappa shape index (κ3) is 6.13. The predicted octanol–water partition coefficient (Wildman–Crippen LogP) is 3.58. The third-order valence-electron chi connectivity index (χ3n) is 6.52. The Bertz CT molecular complexity index is 1000. The summed E-state index contributed by atoms with van der Waals surface area (Å²) in [6, 6.07) is 10.4. The third-order valence-corrected chi connectivity index (χ3v) is 6.52. The standard InChI is InChI=1S/C27H37N3O4/c1-30(18-22-13-21-16-26(33-4)27(34-5)17-23(21)22)12-6-10-29-11-8-20-15-25(32-3)24(31-2)14-19(20)7-9-28/h14-17,22,29H,6-8,10-13,18H2,1-5H3/t22-/m1/s1. The van der Waals surface area contributed by atoms with Crippen LogP contribution in [0.1, 0.15) is 34.6 Å². The number of benzene rings is 2. The summed E-state index contributed by atoms with van der Waals surface area (Å²) in [5.74, 6) is 3.54. The van der Waals surface area contributed by atoms with E-state index < -0.39 is 0 Å². The van der Waals surface area contributed by atoms with Gasteiger partial charge in [-0.25, -0.2) is 0 Å². The van der Waals surface area contributed by atoms with Gasteiger partial charge in [0.2, 0.25) is 0 Å². The number of nitriles is 1. The van der Waals surface area contributed by atoms with E-state index in [2.05, 4.69) is 35.5 Å². The van der Waals surface area contributed by atoms with Crippen molar-refractivity contribution in [3.63, 3.8) is 0 Å². The second-order valence-electron chi connectivity index (χ2n) is 8.73. The van der Waals surface area contributed by atoms with Crippen LogP contribution in [0.4, 0.5) is 0 Å². The van der Waals surface area contributed by atoms with Crippen molar-refractivity contribution in [3.05, 3.63) is 46.5 Å². The molecule has 0 radical (unpaired) electrons. The number of methoxy groups -OCH3 is 4. The number of hydrogen-bond acceptors (Lipinski definition) is 7. The highest BCUT2D eigenvalue weighted by molar-refractivity contribution is 5.53. The fraction of sp³-hybridized carbons (Fsp3) is 0.519. The van der Waals surface area contributed by atoms with Gasteiger partial charge in [0.25, 0.3) is 0 Å². The largest absolute Gasteiger partial charge is 0.493 e. The first-order valence-corrected chi connectivity index (χ1v) is 11.8. The Morgan fingerprint density at radius 2 is 1.53 bits per heavy atom. The summed E-state index contributed by atoms with van der Waals surface area (Å²) in [5, 5.41) is 12.7. The smallest absolute Gasteiger partial charge is 0.161 e. The first kappa shape index (κ1) is 25.7. The number of likely N-dealkylation sites (N-methyl/N-ethyl adjacent to an activating group) is 1. The van der Waals surface area contributed by atoms with Gasteiger partial charge in [-0.3, -0.25) is 0 Å². The summed E-state index contributed by atoms with van der Waals surface area (Å²) < 4.78 is 21.7. The molecule has 0 fully saturated rings. The van der Waals surface area contributed by atoms with Crippen molar-refractivity contribution in [1.29, 1.82) is 5.26 Å². The van der Waals surface area contributed by atoms with Gasteiger partial charge >= 0.3 is 0 Å². The van der Waals surface area contributed by atoms with Crippen LogP contribution in [-0.2, 0) is 19.3 Å². The van der Waals surface area contributed by atoms with Crippen molar-refractivity contribution in [1.82, 2.24) is 10.2 Å². The van der Waals surface area contributed by atoms with Crippen LogP contribution in [0.15, 0.2) is 24.3 Å². The topological polar surface area (TPSA) is 76.0 Å². The molecule has 3 rings (SSSR count). The fourth-order valence-corrected chi connectivity index (χ4v) is 4.64. The quantitative estimate of drug-likeness (QED) is 0.426. The average molecular weight is 468 g/mol. The Kier molecular flexibility index (Phi) is 9.43. The molecule has 7 nitrogen and oxygen atoms in total. The number of nitrogens with one attached hydrogen (secondary N) is 1. The molecule has 1 aliphatic rings. The highest BCUT2D eigenvalue weighted by Gasteiger charge is 2.29. The van der Waals surface area contributed by atoms with Crippen molar-refractivity contribution in [3.8, 4) is 29.1 Å². The molecule has 1 aliphatic carbocycles. The molecule has 0 heterocycles. The maximum absolute atomic E-state index is 9.16. The molecular weight excluding hydrogens is 430 g/mol. The Labute approximate surface area is 203 Å². The zero-order valence-electron chi connectivity index (χ0n) is 21.1. The molecule has 1 atom stereocenters. The number of rotatable bonds is 14. The molecular formula is C27H37N3O4. The number of ether oxygens (including phenoxy) is 4. The molecule has 0 unspecified atom stereocenters. The Morgan fingerprint density at radius 3 is 2.18 bits per heavy atom. The SMILES string of the molecule is COc1cc(CC#N)c(CCNCCCN(C)C[C@H]2Cc3cc(OC)c(OC)cc32)cc1OC. The molecule has 1 N–H and O–H groups in total. The van der Waals surface area contributed by atoms with E-state index >= 15 is 0 Å². The minimum Gasteiger partial charge on any atom is -0.493 e. The van der Waals surface area contributed by atoms with Crippen LogP contribution < -0.4 is 24.3 Å². The van der Waals surface area contributed by atoms with Crippen LogP contribution in [0.2, 0.25) is 0 Å². The average Bonchev–Trinajstić information content (AvgIpc) is 2.84. The van der Waals surface area contributed by atoms with E-state index in [-0.39, 0.29) is 0 Å². The minimum atomic E-state index is 0.365. The summed E-state index contributed by atoms with van der Waals surface area (Å²) in [6.45, 7) is 3.90. The molecule has 0 bridgehead atoms. The monoisotopic (exact) mass is 467 g/mol. The van der Waals surface area contributed by atoms with Gasteiger partial charge in [0.05, 0.1) is 40.9 Å². The first-order chi connectivity index (χ1) is 16.5. The van der Waals surface area contributed by atoms with E-state index in [0.717, 1.165) is 68.1 Å². The summed E-state index contributed by atoms with van der Waals surface area (Å²) >= 11 is 0. The highest BCUT2D eigenvalue weighted by atomic mass is 16.5. The molecule has 2 aromatic rings. The lowest BCUT2D eigenvalue weighted by molar-refractivity contribution is 0.291. The zero-order chi connectivity index (χ0) is 24.5. The summed E-state index contributed by atoms with van der Waals surface area (Å²) in [5.41, 5.74) is 4.87. The van der Waals surface area contributed by atoms with Crippen LogP contribution in [-0.4, -0.2) is 66.6 Å². The van der Waals surface area contributed by atoms with Crippen molar-refractivity contribution < 1.29 is 18.9 Å². The lowest BCUT2D eigenvalue weighted by Crippen LogP contribution is -2.32. The second kappa shape index (κ2) is 12.5. The maximum Gasteiger partial charge on any atom is 0.161 e. The first-order valence-electron chi connectivity index (χ1n) is 11.8. The maximum atomic E-state index is 9.16. The van der Waals surface area contributed by atoms with Gasteiger partial charge < -0.3 is 29.2 Å². The van der Waals surface area contributed by atoms with Crippen molar-refractivity contribution in [2.45, 2.75) is 31.6 Å². The lowest BCUT2D eigenvalue weighted by Gasteiger charge is -2.34. The normalized spacial score (nSPS) is 14.2. The van der Waals surface area contributed by atoms with Crippen molar-refractivity contribution >= 4 is 0 Å². The van der Waals surface area contributed by atoms with Crippen LogP contribution in [0.5, 0.6) is 23.0 Å². The molecule has 0 amide bonds. The minimum absolute atomic E-state index is 0.365. The van der Waals surface area contributed by atoms with Gasteiger partial charge in [0, 0.05) is 12.5 Å². The predicted molar refractivity (Wildman–Crippen MR) is 134 cm³/mol. The molecule has 0 saturated heterocycles. The van der Waals surface area contributed by atoms with E-state index in [1.165, 1.54) is 11.1 Å². The summed E-state index contributed by atoms with van der Waals surface area (Å²) in [6.07, 6.45) is 3.38. The summed E-state index contributed by atoms with van der Waals surface area (Å²) in [4.78, 5) is 2.41. The van der Waals surface area contributed by atoms with Gasteiger partial charge in [-0.05, 0) is 92.5 Å². The van der Waals surface area contributed by atoms with E-state index in [0.29, 0.717) is 23.8 Å². The Balaban J connectivity index is 1.40. The van der Waals surface area contributed by atoms with Gasteiger partial charge in [-0.1, -0.05) is 0 Å². The number of hydrogen-bond donors (Lipinski definition) is 1. The lowest BCUT2D eigenvalue weighted by atomic mass is 9.77. The summed E-state index contributed by atoms with van der Waals surface area (Å²) in [7, 11) is 8.81. The molecule has 184 valence electrons. The van der Waals surface area contributed by atoms with E-state index in [1.54, 1.807) is 28.4 Å². The number of fused-ring (bicyclic) bond motifs is 1. The Morgan fingerprint density at radius 1 is 0.912 bits per heavy atom.